The Morgan fingerprint density at radius 1 is 1.08 bits per heavy atom. The largest absolute Gasteiger partial charge is 0.448 e. The number of ether oxygens (including phenoxy) is 4. The molecular weight excluding hydrogens is 620 g/mol. The summed E-state index contributed by atoms with van der Waals surface area (Å²) in [7, 11) is 0. The molecule has 5 aliphatic carbocycles. The van der Waals surface area contributed by atoms with E-state index >= 15 is 0 Å². The lowest BCUT2D eigenvalue weighted by Gasteiger charge is -2.64. The maximum absolute atomic E-state index is 12.6. The van der Waals surface area contributed by atoms with Crippen molar-refractivity contribution in [1.82, 2.24) is 9.88 Å². The van der Waals surface area contributed by atoms with Gasteiger partial charge in [-0.3, -0.25) is 4.90 Å². The van der Waals surface area contributed by atoms with Gasteiger partial charge in [-0.05, 0) is 117 Å². The van der Waals surface area contributed by atoms with Crippen LogP contribution in [0.1, 0.15) is 113 Å². The fourth-order valence-electron chi connectivity index (χ4n) is 14.3. The van der Waals surface area contributed by atoms with Crippen LogP contribution < -0.4 is 0 Å². The Bertz CT molecular complexity index is 1360. The van der Waals surface area contributed by atoms with Crippen LogP contribution in [0.3, 0.4) is 0 Å². The molecule has 3 heterocycles. The second-order valence-electron chi connectivity index (χ2n) is 19.2. The second kappa shape index (κ2) is 11.7. The zero-order valence-corrected chi connectivity index (χ0v) is 31.5. The summed E-state index contributed by atoms with van der Waals surface area (Å²) in [5.74, 6) is 2.52. The lowest BCUT2D eigenvalue weighted by molar-refractivity contribution is -0.249. The molecule has 8 rings (SSSR count). The predicted octanol–water partition coefficient (Wildman–Crippen LogP) is 6.21. The van der Waals surface area contributed by atoms with Gasteiger partial charge in [0.05, 0.1) is 55.9 Å². The van der Waals surface area contributed by atoms with Crippen LogP contribution in [-0.2, 0) is 25.5 Å². The zero-order chi connectivity index (χ0) is 34.8. The van der Waals surface area contributed by atoms with Crippen molar-refractivity contribution in [2.45, 2.75) is 156 Å². The third-order valence-electron chi connectivity index (χ3n) is 16.4. The van der Waals surface area contributed by atoms with Gasteiger partial charge in [-0.25, -0.2) is 4.98 Å². The third kappa shape index (κ3) is 4.91. The number of hydrogen-bond acceptors (Lipinski definition) is 9. The summed E-state index contributed by atoms with van der Waals surface area (Å²) in [6.45, 7) is 21.4. The minimum atomic E-state index is -1.02. The smallest absolute Gasteiger partial charge is 0.208 e. The molecule has 0 aromatic carbocycles. The molecule has 1 unspecified atom stereocenters. The van der Waals surface area contributed by atoms with Gasteiger partial charge in [0, 0.05) is 18.6 Å². The molecule has 1 aromatic rings. The number of aliphatic hydroxyl groups is 2. The highest BCUT2D eigenvalue weighted by atomic mass is 16.7. The van der Waals surface area contributed by atoms with Gasteiger partial charge in [0.15, 0.2) is 6.29 Å². The highest BCUT2D eigenvalue weighted by Crippen LogP contribution is 2.89. The summed E-state index contributed by atoms with van der Waals surface area (Å²) in [5, 5.41) is 23.7. The molecule has 2 spiro atoms. The predicted molar refractivity (Wildman–Crippen MR) is 184 cm³/mol. The van der Waals surface area contributed by atoms with E-state index in [9.17, 15) is 10.2 Å². The van der Waals surface area contributed by atoms with Gasteiger partial charge in [0.2, 0.25) is 5.89 Å². The number of hydrogen-bond donors (Lipinski definition) is 2. The SMILES string of the molecule is CCOC([C@H]1C[C@@H](C)[C@H]2[C@H](O1)[C@H](O)[C@@]1(C)[C@@H]3CC[C@H]4C(C)(C)[C@@H](O[C@H]5CN(Cc6ncco6)CCO5)CC[C@@]45C[C@@]35CC[C@]21C)C(C)(C)O. The molecule has 7 fully saturated rings. The second-order valence-corrected chi connectivity index (χ2v) is 19.2. The number of aliphatic hydroxyl groups excluding tert-OH is 1. The molecule has 1 aromatic heterocycles. The van der Waals surface area contributed by atoms with Crippen LogP contribution in [-0.4, -0.2) is 88.8 Å². The standard InChI is InChI=1S/C40H64N2O7/c1-9-45-34(36(5,6)44)25-20-24(2)31-32(48-25)33(43)38(8)27-11-10-26-35(3,4)28(12-13-39(26)23-40(27,39)15-14-37(31,38)7)49-30-22-42(17-19-47-30)21-29-41-16-18-46-29/h16,18,24-28,30-34,43-44H,9-15,17,19-23H2,1-8H3/t24-,25-,26+,27+,28+,30+,31+,32+,33+,34?,37-,38-,39-,40+/m1/s1. The van der Waals surface area contributed by atoms with Gasteiger partial charge in [0.25, 0.3) is 0 Å². The van der Waals surface area contributed by atoms with Gasteiger partial charge in [-0.2, -0.15) is 0 Å². The first-order valence-corrected chi connectivity index (χ1v) is 19.7. The minimum Gasteiger partial charge on any atom is -0.448 e. The highest BCUT2D eigenvalue weighted by Gasteiger charge is 2.84. The van der Waals surface area contributed by atoms with Gasteiger partial charge in [0.1, 0.15) is 12.4 Å². The zero-order valence-electron chi connectivity index (χ0n) is 31.5. The monoisotopic (exact) mass is 684 g/mol. The molecule has 0 amide bonds. The molecule has 9 nitrogen and oxygen atoms in total. The van der Waals surface area contributed by atoms with Gasteiger partial charge >= 0.3 is 0 Å². The van der Waals surface area contributed by atoms with E-state index in [1.807, 2.05) is 20.8 Å². The topological polar surface area (TPSA) is 107 Å². The summed E-state index contributed by atoms with van der Waals surface area (Å²) in [6, 6.07) is 0. The van der Waals surface area contributed by atoms with Crippen LogP contribution in [0.2, 0.25) is 0 Å². The molecule has 0 radical (unpaired) electrons. The fraction of sp³-hybridized carbons (Fsp3) is 0.925. The van der Waals surface area contributed by atoms with Crippen LogP contribution in [0.25, 0.3) is 0 Å². The summed E-state index contributed by atoms with van der Waals surface area (Å²) < 4.78 is 31.7. The summed E-state index contributed by atoms with van der Waals surface area (Å²) in [6.07, 6.45) is 11.1. The molecule has 0 bridgehead atoms. The van der Waals surface area contributed by atoms with Crippen molar-refractivity contribution >= 4 is 0 Å². The number of nitrogens with zero attached hydrogens (tertiary/aromatic N) is 2. The molecule has 2 aliphatic heterocycles. The Hall–Kier alpha value is -1.07. The maximum Gasteiger partial charge on any atom is 0.208 e. The molecular formula is C40H64N2O7. The van der Waals surface area contributed by atoms with E-state index < -0.39 is 17.8 Å². The number of fused-ring (bicyclic) bond motifs is 4. The Morgan fingerprint density at radius 2 is 1.84 bits per heavy atom. The lowest BCUT2D eigenvalue weighted by atomic mass is 9.41. The van der Waals surface area contributed by atoms with Gasteiger partial charge < -0.3 is 33.6 Å². The highest BCUT2D eigenvalue weighted by molar-refractivity contribution is 5.33. The van der Waals surface area contributed by atoms with Crippen molar-refractivity contribution in [2.24, 2.45) is 50.7 Å². The van der Waals surface area contributed by atoms with E-state index in [0.29, 0.717) is 54.3 Å². The van der Waals surface area contributed by atoms with Crippen LogP contribution in [0.15, 0.2) is 16.9 Å². The first-order chi connectivity index (χ1) is 23.1. The fourth-order valence-corrected chi connectivity index (χ4v) is 14.3. The number of rotatable bonds is 8. The normalized spacial score (nSPS) is 49.6. The van der Waals surface area contributed by atoms with E-state index in [1.165, 1.54) is 25.7 Å². The number of oxazole rings is 1. The summed E-state index contributed by atoms with van der Waals surface area (Å²) in [4.78, 5) is 6.65. The van der Waals surface area contributed by atoms with E-state index in [1.54, 1.807) is 12.5 Å². The summed E-state index contributed by atoms with van der Waals surface area (Å²) >= 11 is 0. The van der Waals surface area contributed by atoms with Crippen molar-refractivity contribution in [3.8, 4) is 0 Å². The van der Waals surface area contributed by atoms with Crippen molar-refractivity contribution in [3.05, 3.63) is 18.4 Å². The van der Waals surface area contributed by atoms with Crippen LogP contribution >= 0.6 is 0 Å². The average Bonchev–Trinajstić information content (AvgIpc) is 3.33. The Labute approximate surface area is 294 Å². The van der Waals surface area contributed by atoms with Crippen molar-refractivity contribution in [3.63, 3.8) is 0 Å². The number of morpholine rings is 1. The molecule has 2 N–H and O–H groups in total. The molecule has 9 heteroatoms. The van der Waals surface area contributed by atoms with Crippen LogP contribution in [0.5, 0.6) is 0 Å². The van der Waals surface area contributed by atoms with Crippen LogP contribution in [0, 0.1) is 50.7 Å². The number of aromatic nitrogens is 1. The first-order valence-electron chi connectivity index (χ1n) is 19.7. The summed E-state index contributed by atoms with van der Waals surface area (Å²) in [5.41, 5.74) is -0.560. The maximum atomic E-state index is 12.6. The van der Waals surface area contributed by atoms with E-state index in [-0.39, 0.29) is 40.8 Å². The Morgan fingerprint density at radius 3 is 2.55 bits per heavy atom. The molecule has 5 saturated carbocycles. The van der Waals surface area contributed by atoms with Crippen molar-refractivity contribution < 1.29 is 33.6 Å². The average molecular weight is 685 g/mol. The van der Waals surface area contributed by atoms with E-state index in [0.717, 1.165) is 44.7 Å². The molecule has 49 heavy (non-hydrogen) atoms. The Kier molecular flexibility index (Phi) is 8.36. The quantitative estimate of drug-likeness (QED) is 0.331. The van der Waals surface area contributed by atoms with E-state index in [4.69, 9.17) is 23.4 Å². The van der Waals surface area contributed by atoms with Crippen molar-refractivity contribution in [1.29, 1.82) is 0 Å². The van der Waals surface area contributed by atoms with Gasteiger partial charge in [-0.15, -0.1) is 0 Å². The molecule has 7 aliphatic rings. The minimum absolute atomic E-state index is 0.00897. The van der Waals surface area contributed by atoms with Crippen LogP contribution in [0.4, 0.5) is 0 Å². The molecule has 2 saturated heterocycles. The molecule has 276 valence electrons. The van der Waals surface area contributed by atoms with Crippen molar-refractivity contribution in [2.75, 3.05) is 26.3 Å². The lowest BCUT2D eigenvalue weighted by Crippen LogP contribution is -2.60. The Balaban J connectivity index is 1.01. The third-order valence-corrected chi connectivity index (χ3v) is 16.4. The first kappa shape index (κ1) is 35.0. The van der Waals surface area contributed by atoms with E-state index in [2.05, 4.69) is 44.5 Å². The molecule has 14 atom stereocenters. The van der Waals surface area contributed by atoms with Gasteiger partial charge in [-0.1, -0.05) is 34.6 Å².